The summed E-state index contributed by atoms with van der Waals surface area (Å²) < 4.78 is 10.8. The summed E-state index contributed by atoms with van der Waals surface area (Å²) in [4.78, 5) is 66.5. The Bertz CT molecular complexity index is 1300. The van der Waals surface area contributed by atoms with E-state index in [4.69, 9.17) is 9.47 Å². The number of esters is 1. The zero-order chi connectivity index (χ0) is 33.0. The molecule has 0 saturated carbocycles. The number of nitrogens with one attached hydrogen (secondary N) is 3. The van der Waals surface area contributed by atoms with Crippen molar-refractivity contribution in [3.8, 4) is 0 Å². The summed E-state index contributed by atoms with van der Waals surface area (Å²) in [5.41, 5.74) is 0.689. The van der Waals surface area contributed by atoms with Crippen molar-refractivity contribution in [3.63, 3.8) is 0 Å². The molecule has 4 amide bonds. The van der Waals surface area contributed by atoms with Crippen LogP contribution >= 0.6 is 0 Å². The van der Waals surface area contributed by atoms with Gasteiger partial charge < -0.3 is 35.4 Å². The van der Waals surface area contributed by atoms with E-state index in [0.29, 0.717) is 19.4 Å². The number of rotatable bonds is 13. The van der Waals surface area contributed by atoms with Crippen molar-refractivity contribution >= 4 is 29.8 Å². The molecule has 1 unspecified atom stereocenters. The van der Waals surface area contributed by atoms with Crippen molar-refractivity contribution in [2.75, 3.05) is 13.1 Å². The predicted octanol–water partition coefficient (Wildman–Crippen LogP) is 2.23. The zero-order valence-corrected chi connectivity index (χ0v) is 26.3. The number of aliphatic hydroxyl groups is 1. The minimum Gasteiger partial charge on any atom is -0.458 e. The van der Waals surface area contributed by atoms with Gasteiger partial charge in [0.2, 0.25) is 11.8 Å². The number of likely N-dealkylation sites (tertiary alicyclic amines) is 1. The molecule has 4 atom stereocenters. The first kappa shape index (κ1) is 35.0. The molecule has 3 rings (SSSR count). The maximum absolute atomic E-state index is 13.6. The summed E-state index contributed by atoms with van der Waals surface area (Å²) in [7, 11) is 0. The van der Waals surface area contributed by atoms with Gasteiger partial charge in [-0.3, -0.25) is 14.4 Å². The Labute approximate surface area is 263 Å². The average molecular weight is 625 g/mol. The second-order valence-electron chi connectivity index (χ2n) is 11.9. The molecule has 1 aliphatic heterocycles. The molecule has 4 N–H and O–H groups in total. The summed E-state index contributed by atoms with van der Waals surface area (Å²) in [6, 6.07) is 14.5. The van der Waals surface area contributed by atoms with Gasteiger partial charge in [-0.15, -0.1) is 0 Å². The van der Waals surface area contributed by atoms with Gasteiger partial charge in [0.15, 0.2) is 6.10 Å². The monoisotopic (exact) mass is 624 g/mol. The highest BCUT2D eigenvalue weighted by Crippen LogP contribution is 2.23. The van der Waals surface area contributed by atoms with Crippen molar-refractivity contribution < 1.29 is 38.6 Å². The molecule has 1 saturated heterocycles. The van der Waals surface area contributed by atoms with E-state index in [2.05, 4.69) is 16.0 Å². The lowest BCUT2D eigenvalue weighted by Gasteiger charge is -2.32. The number of ether oxygens (including phenoxy) is 2. The van der Waals surface area contributed by atoms with Crippen LogP contribution in [0.25, 0.3) is 0 Å². The summed E-state index contributed by atoms with van der Waals surface area (Å²) >= 11 is 0. The largest absolute Gasteiger partial charge is 0.458 e. The summed E-state index contributed by atoms with van der Waals surface area (Å²) in [5.74, 6) is -2.59. The van der Waals surface area contributed by atoms with Crippen LogP contribution in [0.1, 0.15) is 58.1 Å². The Balaban J connectivity index is 1.79. The molecule has 244 valence electrons. The third-order valence-corrected chi connectivity index (χ3v) is 7.06. The number of benzene rings is 2. The van der Waals surface area contributed by atoms with E-state index in [1.54, 1.807) is 76.2 Å². The average Bonchev–Trinajstić information content (AvgIpc) is 3.49. The van der Waals surface area contributed by atoms with Gasteiger partial charge in [0.1, 0.15) is 24.3 Å². The van der Waals surface area contributed by atoms with Gasteiger partial charge in [-0.1, -0.05) is 60.7 Å². The second-order valence-corrected chi connectivity index (χ2v) is 11.9. The number of aliphatic hydroxyl groups excluding tert-OH is 1. The molecule has 12 heteroatoms. The topological polar surface area (TPSA) is 163 Å². The second kappa shape index (κ2) is 16.6. The Morgan fingerprint density at radius 1 is 0.956 bits per heavy atom. The van der Waals surface area contributed by atoms with E-state index in [1.165, 1.54) is 4.90 Å². The minimum absolute atomic E-state index is 0.0523. The molecule has 1 fully saturated rings. The molecule has 0 radical (unpaired) electrons. The van der Waals surface area contributed by atoms with Crippen LogP contribution in [0, 0.1) is 0 Å². The number of carbonyl (C=O) groups is 5. The molecular weight excluding hydrogens is 580 g/mol. The molecule has 2 aromatic rings. The molecule has 2 aromatic carbocycles. The number of carbonyl (C=O) groups excluding carboxylic acids is 5. The van der Waals surface area contributed by atoms with Crippen molar-refractivity contribution in [3.05, 3.63) is 71.8 Å². The van der Waals surface area contributed by atoms with Gasteiger partial charge in [0.05, 0.1) is 12.5 Å². The first-order valence-corrected chi connectivity index (χ1v) is 15.2. The van der Waals surface area contributed by atoms with Crippen LogP contribution in [0.3, 0.4) is 0 Å². The van der Waals surface area contributed by atoms with Gasteiger partial charge in [-0.2, -0.15) is 0 Å². The molecule has 0 aliphatic carbocycles. The van der Waals surface area contributed by atoms with E-state index in [9.17, 15) is 29.1 Å². The first-order chi connectivity index (χ1) is 21.4. The van der Waals surface area contributed by atoms with Crippen LogP contribution in [0.5, 0.6) is 0 Å². The van der Waals surface area contributed by atoms with Crippen LogP contribution in [0.4, 0.5) is 4.79 Å². The van der Waals surface area contributed by atoms with Gasteiger partial charge >= 0.3 is 12.1 Å². The Kier molecular flexibility index (Phi) is 12.9. The number of nitrogens with zero attached hydrogens (tertiary/aromatic N) is 1. The first-order valence-electron chi connectivity index (χ1n) is 15.2. The van der Waals surface area contributed by atoms with Crippen molar-refractivity contribution in [2.45, 2.75) is 89.8 Å². The zero-order valence-electron chi connectivity index (χ0n) is 26.3. The van der Waals surface area contributed by atoms with Gasteiger partial charge in [0, 0.05) is 13.1 Å². The Morgan fingerprint density at radius 3 is 2.18 bits per heavy atom. The number of alkyl carbamates (subject to hydrolysis) is 1. The van der Waals surface area contributed by atoms with Crippen LogP contribution in [-0.4, -0.2) is 82.7 Å². The van der Waals surface area contributed by atoms with E-state index < -0.39 is 66.0 Å². The third-order valence-electron chi connectivity index (χ3n) is 7.06. The smallest absolute Gasteiger partial charge is 0.408 e. The molecular formula is C33H44N4O8. The van der Waals surface area contributed by atoms with Crippen molar-refractivity contribution in [1.82, 2.24) is 20.9 Å². The highest BCUT2D eigenvalue weighted by molar-refractivity contribution is 5.92. The lowest BCUT2D eigenvalue weighted by Crippen LogP contribution is -2.58. The van der Waals surface area contributed by atoms with E-state index in [-0.39, 0.29) is 19.6 Å². The molecule has 0 bridgehead atoms. The maximum atomic E-state index is 13.6. The molecule has 12 nitrogen and oxygen atoms in total. The highest BCUT2D eigenvalue weighted by atomic mass is 16.6. The van der Waals surface area contributed by atoms with Gasteiger partial charge in [-0.05, 0) is 58.1 Å². The Hall–Kier alpha value is -4.45. The standard InChI is InChI=1S/C33H44N4O8/c1-5-34-27(38)20-25(36-32(43)44-21-23-15-10-7-11-16-23)29(40)35-24(19-22-13-8-6-9-14-22)28(39)30(41)37-18-12-17-26(37)31(42)45-33(2,3)4/h6-11,13-16,24-26,28,39H,5,12,17-21H2,1-4H3,(H,34,38)(H,35,40)(H,36,43)/t24-,25-,26-,28?/m0/s1. The molecule has 45 heavy (non-hydrogen) atoms. The van der Waals surface area contributed by atoms with Crippen LogP contribution < -0.4 is 16.0 Å². The third kappa shape index (κ3) is 11.2. The molecule has 1 aliphatic rings. The summed E-state index contributed by atoms with van der Waals surface area (Å²) in [6.45, 7) is 7.40. The quantitative estimate of drug-likeness (QED) is 0.247. The Morgan fingerprint density at radius 2 is 1.58 bits per heavy atom. The highest BCUT2D eigenvalue weighted by Gasteiger charge is 2.41. The van der Waals surface area contributed by atoms with Crippen LogP contribution in [-0.2, 0) is 41.7 Å². The number of hydrogen-bond acceptors (Lipinski definition) is 8. The lowest BCUT2D eigenvalue weighted by molar-refractivity contribution is -0.165. The fourth-order valence-corrected chi connectivity index (χ4v) is 4.95. The normalized spacial score (nSPS) is 16.6. The van der Waals surface area contributed by atoms with Crippen molar-refractivity contribution in [1.29, 1.82) is 0 Å². The summed E-state index contributed by atoms with van der Waals surface area (Å²) in [6.07, 6.45) is -2.09. The number of amides is 4. The van der Waals surface area contributed by atoms with Crippen LogP contribution in [0.15, 0.2) is 60.7 Å². The van der Waals surface area contributed by atoms with E-state index in [1.807, 2.05) is 12.1 Å². The molecule has 1 heterocycles. The SMILES string of the molecule is CCNC(=O)C[C@H](NC(=O)OCc1ccccc1)C(=O)N[C@@H](Cc1ccccc1)C(O)C(=O)N1CCC[C@H]1C(=O)OC(C)(C)C. The van der Waals surface area contributed by atoms with E-state index in [0.717, 1.165) is 11.1 Å². The van der Waals surface area contributed by atoms with E-state index >= 15 is 0 Å². The summed E-state index contributed by atoms with van der Waals surface area (Å²) in [5, 5.41) is 19.1. The molecule has 0 spiro atoms. The fraction of sp³-hybridized carbons (Fsp3) is 0.485. The fourth-order valence-electron chi connectivity index (χ4n) is 4.95. The number of hydrogen-bond donors (Lipinski definition) is 4. The van der Waals surface area contributed by atoms with Crippen molar-refractivity contribution in [2.24, 2.45) is 0 Å². The predicted molar refractivity (Wildman–Crippen MR) is 166 cm³/mol. The van der Waals surface area contributed by atoms with Gasteiger partial charge in [-0.25, -0.2) is 9.59 Å². The lowest BCUT2D eigenvalue weighted by atomic mass is 9.99. The minimum atomic E-state index is -1.74. The molecule has 0 aromatic heterocycles. The maximum Gasteiger partial charge on any atom is 0.408 e. The van der Waals surface area contributed by atoms with Crippen LogP contribution in [0.2, 0.25) is 0 Å². The van der Waals surface area contributed by atoms with Gasteiger partial charge in [0.25, 0.3) is 5.91 Å².